The standard InChI is InChI=1S/C15H19N3O2/c1-2-12-4-3-5-13(10-12)20-11-15(19)18-7-6-14-16-8-9-17-14/h3-5,8-10H,2,6-7,11H2,1H3,(H,16,17)(H,18,19). The maximum absolute atomic E-state index is 11.6. The lowest BCUT2D eigenvalue weighted by atomic mass is 10.2. The van der Waals surface area contributed by atoms with Crippen LogP contribution in [0.3, 0.4) is 0 Å². The van der Waals surface area contributed by atoms with E-state index in [1.54, 1.807) is 12.4 Å². The summed E-state index contributed by atoms with van der Waals surface area (Å²) >= 11 is 0. The van der Waals surface area contributed by atoms with Crippen LogP contribution in [0.2, 0.25) is 0 Å². The van der Waals surface area contributed by atoms with Gasteiger partial charge >= 0.3 is 0 Å². The molecule has 0 unspecified atom stereocenters. The second-order valence-electron chi connectivity index (χ2n) is 4.43. The van der Waals surface area contributed by atoms with E-state index in [9.17, 15) is 4.79 Å². The number of hydrogen-bond acceptors (Lipinski definition) is 3. The molecule has 1 aromatic carbocycles. The van der Waals surface area contributed by atoms with Crippen LogP contribution in [0.1, 0.15) is 18.3 Å². The van der Waals surface area contributed by atoms with Gasteiger partial charge in [-0.05, 0) is 24.1 Å². The van der Waals surface area contributed by atoms with Crippen molar-refractivity contribution in [2.24, 2.45) is 0 Å². The Labute approximate surface area is 118 Å². The number of aromatic nitrogens is 2. The fourth-order valence-corrected chi connectivity index (χ4v) is 1.81. The summed E-state index contributed by atoms with van der Waals surface area (Å²) in [7, 11) is 0. The molecule has 1 heterocycles. The summed E-state index contributed by atoms with van der Waals surface area (Å²) in [6, 6.07) is 7.78. The molecule has 1 amide bonds. The Morgan fingerprint density at radius 3 is 3.10 bits per heavy atom. The van der Waals surface area contributed by atoms with E-state index >= 15 is 0 Å². The first-order valence-electron chi connectivity index (χ1n) is 6.74. The highest BCUT2D eigenvalue weighted by molar-refractivity contribution is 5.77. The lowest BCUT2D eigenvalue weighted by Gasteiger charge is -2.08. The Kier molecular flexibility index (Phi) is 5.17. The molecule has 0 aliphatic heterocycles. The van der Waals surface area contributed by atoms with Gasteiger partial charge in [0.05, 0.1) is 0 Å². The molecule has 0 saturated heterocycles. The third-order valence-electron chi connectivity index (χ3n) is 2.92. The van der Waals surface area contributed by atoms with E-state index in [4.69, 9.17) is 4.74 Å². The van der Waals surface area contributed by atoms with Gasteiger partial charge in [0.2, 0.25) is 0 Å². The molecule has 0 saturated carbocycles. The number of carbonyl (C=O) groups is 1. The SMILES string of the molecule is CCc1cccc(OCC(=O)NCCc2ncc[nH]2)c1. The van der Waals surface area contributed by atoms with E-state index in [-0.39, 0.29) is 12.5 Å². The second-order valence-corrected chi connectivity index (χ2v) is 4.43. The predicted molar refractivity (Wildman–Crippen MR) is 76.6 cm³/mol. The summed E-state index contributed by atoms with van der Waals surface area (Å²) in [6.45, 7) is 2.66. The number of aromatic amines is 1. The number of hydrogen-bond donors (Lipinski definition) is 2. The molecule has 2 rings (SSSR count). The molecule has 1 aromatic heterocycles. The molecule has 20 heavy (non-hydrogen) atoms. The number of nitrogens with zero attached hydrogens (tertiary/aromatic N) is 1. The zero-order chi connectivity index (χ0) is 14.2. The fourth-order valence-electron chi connectivity index (χ4n) is 1.81. The van der Waals surface area contributed by atoms with Gasteiger partial charge in [-0.2, -0.15) is 0 Å². The van der Waals surface area contributed by atoms with Crippen LogP contribution >= 0.6 is 0 Å². The van der Waals surface area contributed by atoms with Gasteiger partial charge in [0.25, 0.3) is 5.91 Å². The highest BCUT2D eigenvalue weighted by Crippen LogP contribution is 2.13. The van der Waals surface area contributed by atoms with Crippen LogP contribution in [-0.2, 0) is 17.6 Å². The Balaban J connectivity index is 1.69. The number of imidazole rings is 1. The minimum absolute atomic E-state index is 0.0331. The number of nitrogens with one attached hydrogen (secondary N) is 2. The molecule has 5 nitrogen and oxygen atoms in total. The lowest BCUT2D eigenvalue weighted by molar-refractivity contribution is -0.123. The van der Waals surface area contributed by atoms with Crippen LogP contribution < -0.4 is 10.1 Å². The summed E-state index contributed by atoms with van der Waals surface area (Å²) < 4.78 is 5.46. The van der Waals surface area contributed by atoms with Crippen LogP contribution in [0.15, 0.2) is 36.7 Å². The topological polar surface area (TPSA) is 67.0 Å². The quantitative estimate of drug-likeness (QED) is 0.807. The van der Waals surface area contributed by atoms with Crippen molar-refractivity contribution >= 4 is 5.91 Å². The molecular formula is C15H19N3O2. The zero-order valence-electron chi connectivity index (χ0n) is 11.6. The second kappa shape index (κ2) is 7.33. The van der Waals surface area contributed by atoms with Crippen molar-refractivity contribution in [3.8, 4) is 5.75 Å². The van der Waals surface area contributed by atoms with Crippen molar-refractivity contribution in [2.45, 2.75) is 19.8 Å². The summed E-state index contributed by atoms with van der Waals surface area (Å²) in [5.74, 6) is 1.46. The van der Waals surface area contributed by atoms with Crippen molar-refractivity contribution < 1.29 is 9.53 Å². The predicted octanol–water partition coefficient (Wildman–Crippen LogP) is 1.71. The Bertz CT molecular complexity index is 538. The summed E-state index contributed by atoms with van der Waals surface area (Å²) in [6.07, 6.45) is 5.10. The van der Waals surface area contributed by atoms with Crippen molar-refractivity contribution in [1.29, 1.82) is 0 Å². The third kappa shape index (κ3) is 4.42. The van der Waals surface area contributed by atoms with Gasteiger partial charge in [0, 0.05) is 25.4 Å². The van der Waals surface area contributed by atoms with E-state index < -0.39 is 0 Å². The molecule has 2 N–H and O–H groups in total. The first kappa shape index (κ1) is 14.1. The summed E-state index contributed by atoms with van der Waals surface area (Å²) in [5, 5.41) is 2.80. The van der Waals surface area contributed by atoms with Crippen molar-refractivity contribution in [3.63, 3.8) is 0 Å². The van der Waals surface area contributed by atoms with Crippen LogP contribution in [0.5, 0.6) is 5.75 Å². The van der Waals surface area contributed by atoms with E-state index in [0.717, 1.165) is 18.0 Å². The van der Waals surface area contributed by atoms with E-state index in [1.165, 1.54) is 5.56 Å². The monoisotopic (exact) mass is 273 g/mol. The van der Waals surface area contributed by atoms with Gasteiger partial charge in [0.1, 0.15) is 11.6 Å². The van der Waals surface area contributed by atoms with Crippen molar-refractivity contribution in [2.75, 3.05) is 13.2 Å². The number of ether oxygens (including phenoxy) is 1. The van der Waals surface area contributed by atoms with E-state index in [2.05, 4.69) is 22.2 Å². The van der Waals surface area contributed by atoms with Crippen molar-refractivity contribution in [3.05, 3.63) is 48.0 Å². The van der Waals surface area contributed by atoms with E-state index in [1.807, 2.05) is 24.3 Å². The Hall–Kier alpha value is -2.30. The highest BCUT2D eigenvalue weighted by atomic mass is 16.5. The summed E-state index contributed by atoms with van der Waals surface area (Å²) in [4.78, 5) is 18.7. The minimum atomic E-state index is -0.126. The molecule has 5 heteroatoms. The lowest BCUT2D eigenvalue weighted by Crippen LogP contribution is -2.30. The number of rotatable bonds is 7. The van der Waals surface area contributed by atoms with Gasteiger partial charge in [0.15, 0.2) is 6.61 Å². The summed E-state index contributed by atoms with van der Waals surface area (Å²) in [5.41, 5.74) is 1.20. The molecule has 2 aromatic rings. The Morgan fingerprint density at radius 2 is 2.35 bits per heavy atom. The molecule has 0 spiro atoms. The average Bonchev–Trinajstić information content (AvgIpc) is 2.98. The number of carbonyl (C=O) groups excluding carboxylic acids is 1. The average molecular weight is 273 g/mol. The minimum Gasteiger partial charge on any atom is -0.484 e. The first-order valence-corrected chi connectivity index (χ1v) is 6.74. The number of amides is 1. The number of aryl methyl sites for hydroxylation is 1. The highest BCUT2D eigenvalue weighted by Gasteiger charge is 2.03. The molecule has 0 atom stereocenters. The maximum atomic E-state index is 11.6. The molecule has 0 radical (unpaired) electrons. The third-order valence-corrected chi connectivity index (χ3v) is 2.92. The maximum Gasteiger partial charge on any atom is 0.257 e. The van der Waals surface area contributed by atoms with Crippen LogP contribution in [-0.4, -0.2) is 29.0 Å². The Morgan fingerprint density at radius 1 is 1.45 bits per heavy atom. The largest absolute Gasteiger partial charge is 0.484 e. The normalized spacial score (nSPS) is 10.2. The molecule has 106 valence electrons. The smallest absolute Gasteiger partial charge is 0.257 e. The fraction of sp³-hybridized carbons (Fsp3) is 0.333. The van der Waals surface area contributed by atoms with Crippen molar-refractivity contribution in [1.82, 2.24) is 15.3 Å². The molecular weight excluding hydrogens is 254 g/mol. The van der Waals surface area contributed by atoms with Gasteiger partial charge < -0.3 is 15.0 Å². The van der Waals surface area contributed by atoms with Gasteiger partial charge in [-0.15, -0.1) is 0 Å². The number of benzene rings is 1. The van der Waals surface area contributed by atoms with Gasteiger partial charge in [-0.1, -0.05) is 19.1 Å². The molecule has 0 bridgehead atoms. The molecule has 0 aliphatic rings. The van der Waals surface area contributed by atoms with E-state index in [0.29, 0.717) is 13.0 Å². The molecule has 0 aliphatic carbocycles. The van der Waals surface area contributed by atoms with Crippen LogP contribution in [0.4, 0.5) is 0 Å². The number of H-pyrrole nitrogens is 1. The van der Waals surface area contributed by atoms with Gasteiger partial charge in [-0.3, -0.25) is 4.79 Å². The van der Waals surface area contributed by atoms with Gasteiger partial charge in [-0.25, -0.2) is 4.98 Å². The zero-order valence-corrected chi connectivity index (χ0v) is 11.6. The van der Waals surface area contributed by atoms with Crippen LogP contribution in [0, 0.1) is 0 Å². The first-order chi connectivity index (χ1) is 9.78. The molecule has 0 fully saturated rings. The van der Waals surface area contributed by atoms with Crippen LogP contribution in [0.25, 0.3) is 0 Å².